The van der Waals surface area contributed by atoms with Gasteiger partial charge in [-0.2, -0.15) is 13.2 Å². The number of benzene rings is 6. The van der Waals surface area contributed by atoms with Gasteiger partial charge in [-0.05, 0) is 252 Å². The quantitative estimate of drug-likeness (QED) is 0.0662. The van der Waals surface area contributed by atoms with E-state index in [9.17, 15) is 41.9 Å². The van der Waals surface area contributed by atoms with Crippen molar-refractivity contribution in [3.05, 3.63) is 354 Å². The van der Waals surface area contributed by atoms with Crippen LogP contribution < -0.4 is 0 Å². The molecular formula is C89H68F3N13O12. The van der Waals surface area contributed by atoms with Gasteiger partial charge in [-0.25, -0.2) is 58.7 Å². The number of rotatable bonds is 12. The van der Waals surface area contributed by atoms with E-state index in [1.54, 1.807) is 114 Å². The summed E-state index contributed by atoms with van der Waals surface area (Å²) in [6.45, 7) is 9.72. The third kappa shape index (κ3) is 18.2. The minimum Gasteiger partial charge on any atom is -0.478 e. The molecule has 117 heavy (non-hydrogen) atoms. The van der Waals surface area contributed by atoms with Gasteiger partial charge < -0.3 is 58.0 Å². The second-order valence-corrected chi connectivity index (χ2v) is 26.6. The summed E-state index contributed by atoms with van der Waals surface area (Å²) in [4.78, 5) is 94.9. The van der Waals surface area contributed by atoms with Crippen molar-refractivity contribution in [3.8, 4) is 34.6 Å². The Morgan fingerprint density at radius 1 is 0.291 bits per heavy atom. The molecule has 582 valence electrons. The Morgan fingerprint density at radius 3 is 1.04 bits per heavy atom. The number of aryl methyl sites for hydroxylation is 5. The van der Waals surface area contributed by atoms with Crippen molar-refractivity contribution in [3.63, 3.8) is 0 Å². The number of carboxylic acid groups (broad SMARTS) is 6. The van der Waals surface area contributed by atoms with Crippen molar-refractivity contribution >= 4 is 101 Å². The standard InChI is InChI=1S/C15H9F3N2O2.4C15H12N2O2.C14H11N3O2/c16-15(17,18)13-4-2-11(8-19-13)20-6-5-9-7-10(14(21)22)1-3-12(9)20;1-10-2-5-14(16-9-10)17-7-6-11-8-12(15(18)19)3-4-13(11)17;1-10-8-13(4-6-16-10)17-7-5-11-9-12(15(18)19)2-3-14(11)17;1-10-4-6-16-14(8-10)17-7-5-11-9-12(15(18)19)2-3-13(11)17;1-10-3-2-4-14(16-10)17-8-7-11-9-12(15(18)19)5-6-13(11)17;1-9-15-6-4-13(16-9)17-7-5-10-8-11(14(18)19)2-3-12(10)17/h1-8H,(H,21,22);4*2-9H,1H3,(H,18,19);2-8H,1H3,(H,18,19). The molecule has 0 radical (unpaired) electrons. The van der Waals surface area contributed by atoms with Gasteiger partial charge in [0.2, 0.25) is 0 Å². The minimum absolute atomic E-state index is 0.149. The first-order chi connectivity index (χ1) is 56.1. The van der Waals surface area contributed by atoms with Gasteiger partial charge in [0.25, 0.3) is 0 Å². The number of halogens is 3. The van der Waals surface area contributed by atoms with Crippen LogP contribution in [0.3, 0.4) is 0 Å². The molecule has 28 heteroatoms. The van der Waals surface area contributed by atoms with Crippen LogP contribution in [-0.4, -0.2) is 129 Å². The van der Waals surface area contributed by atoms with E-state index >= 15 is 0 Å². The lowest BCUT2D eigenvalue weighted by Crippen LogP contribution is -2.08. The predicted octanol–water partition coefficient (Wildman–Crippen LogP) is 18.3. The highest BCUT2D eigenvalue weighted by molar-refractivity contribution is 5.99. The fourth-order valence-electron chi connectivity index (χ4n) is 12.8. The summed E-state index contributed by atoms with van der Waals surface area (Å²) in [6, 6.07) is 62.8. The molecule has 6 N–H and O–H groups in total. The largest absolute Gasteiger partial charge is 0.478 e. The maximum absolute atomic E-state index is 12.5. The zero-order valence-corrected chi connectivity index (χ0v) is 62.7. The second-order valence-electron chi connectivity index (χ2n) is 26.6. The molecule has 12 heterocycles. The van der Waals surface area contributed by atoms with Crippen LogP contribution in [0.4, 0.5) is 13.2 Å². The van der Waals surface area contributed by atoms with Gasteiger partial charge in [-0.1, -0.05) is 12.1 Å². The van der Waals surface area contributed by atoms with Crippen molar-refractivity contribution in [1.29, 1.82) is 0 Å². The lowest BCUT2D eigenvalue weighted by atomic mass is 10.1. The number of aromatic carboxylic acids is 6. The van der Waals surface area contributed by atoms with Gasteiger partial charge in [0.05, 0.1) is 78.4 Å². The summed E-state index contributed by atoms with van der Waals surface area (Å²) in [7, 11) is 0. The summed E-state index contributed by atoms with van der Waals surface area (Å²) < 4.78 is 49.0. The molecule has 0 amide bonds. The molecule has 0 saturated carbocycles. The van der Waals surface area contributed by atoms with Gasteiger partial charge in [-0.3, -0.25) is 4.98 Å². The molecule has 0 fully saturated rings. The van der Waals surface area contributed by atoms with Crippen LogP contribution in [-0.2, 0) is 6.18 Å². The fraction of sp³-hybridized carbons (Fsp3) is 0.0674. The normalized spacial score (nSPS) is 11.0. The molecular weight excluding hydrogens is 1500 g/mol. The Hall–Kier alpha value is -16.0. The zero-order valence-electron chi connectivity index (χ0n) is 62.7. The maximum atomic E-state index is 12.5. The number of aromatic nitrogens is 13. The molecule has 6 aromatic carbocycles. The number of hydrogen-bond donors (Lipinski definition) is 6. The van der Waals surface area contributed by atoms with Gasteiger partial charge in [-0.15, -0.1) is 0 Å². The maximum Gasteiger partial charge on any atom is 0.433 e. The van der Waals surface area contributed by atoms with E-state index in [1.807, 2.05) is 204 Å². The highest BCUT2D eigenvalue weighted by Gasteiger charge is 2.32. The molecule has 0 spiro atoms. The van der Waals surface area contributed by atoms with E-state index in [2.05, 4.69) is 34.9 Å². The number of carbonyl (C=O) groups is 6. The summed E-state index contributed by atoms with van der Waals surface area (Å²) in [5.41, 5.74) is 11.7. The molecule has 18 aromatic rings. The number of pyridine rings is 5. The lowest BCUT2D eigenvalue weighted by molar-refractivity contribution is -0.141. The highest BCUT2D eigenvalue weighted by atomic mass is 19.4. The van der Waals surface area contributed by atoms with E-state index in [0.29, 0.717) is 44.7 Å². The Morgan fingerprint density at radius 2 is 0.675 bits per heavy atom. The number of hydrogen-bond acceptors (Lipinski definition) is 13. The Bertz CT molecular complexity index is 6280. The number of fused-ring (bicyclic) bond motifs is 6. The van der Waals surface area contributed by atoms with Crippen molar-refractivity contribution in [2.24, 2.45) is 0 Å². The average Bonchev–Trinajstić information content (AvgIpc) is 1.71. The van der Waals surface area contributed by atoms with Crippen LogP contribution in [0.15, 0.2) is 287 Å². The van der Waals surface area contributed by atoms with Crippen molar-refractivity contribution in [2.75, 3.05) is 0 Å². The summed E-state index contributed by atoms with van der Waals surface area (Å²) in [6.07, 6.45) is 14.9. The van der Waals surface area contributed by atoms with Crippen molar-refractivity contribution < 1.29 is 72.6 Å². The van der Waals surface area contributed by atoms with Crippen LogP contribution in [0, 0.1) is 34.6 Å². The van der Waals surface area contributed by atoms with Crippen LogP contribution in [0.25, 0.3) is 100 Å². The number of alkyl halides is 3. The molecule has 0 unspecified atom stereocenters. The third-order valence-corrected chi connectivity index (χ3v) is 18.5. The molecule has 0 bridgehead atoms. The molecule has 18 rings (SSSR count). The van der Waals surface area contributed by atoms with Gasteiger partial charge >= 0.3 is 42.0 Å². The summed E-state index contributed by atoms with van der Waals surface area (Å²) in [5.74, 6) is -1.66. The van der Waals surface area contributed by atoms with Crippen LogP contribution >= 0.6 is 0 Å². The topological polar surface area (TPSA) is 344 Å². The van der Waals surface area contributed by atoms with Gasteiger partial charge in [0.15, 0.2) is 0 Å². The van der Waals surface area contributed by atoms with Crippen molar-refractivity contribution in [2.45, 2.75) is 40.8 Å². The molecule has 0 atom stereocenters. The molecule has 25 nitrogen and oxygen atoms in total. The summed E-state index contributed by atoms with van der Waals surface area (Å²) >= 11 is 0. The number of carboxylic acids is 6. The third-order valence-electron chi connectivity index (χ3n) is 18.5. The fourth-order valence-corrected chi connectivity index (χ4v) is 12.8. The Balaban J connectivity index is 0.000000122. The van der Waals surface area contributed by atoms with Gasteiger partial charge in [0.1, 0.15) is 34.8 Å². The second kappa shape index (κ2) is 33.9. The predicted molar refractivity (Wildman–Crippen MR) is 435 cm³/mol. The van der Waals surface area contributed by atoms with E-state index in [-0.39, 0.29) is 11.1 Å². The van der Waals surface area contributed by atoms with E-state index in [1.165, 1.54) is 18.2 Å². The zero-order chi connectivity index (χ0) is 82.9. The molecule has 0 saturated heterocycles. The van der Waals surface area contributed by atoms with E-state index in [4.69, 9.17) is 30.6 Å². The molecule has 12 aromatic heterocycles. The first kappa shape index (κ1) is 79.1. The van der Waals surface area contributed by atoms with Gasteiger partial charge in [0, 0.05) is 111 Å². The minimum atomic E-state index is -4.48. The lowest BCUT2D eigenvalue weighted by Gasteiger charge is -2.08. The van der Waals surface area contributed by atoms with E-state index in [0.717, 1.165) is 118 Å². The van der Waals surface area contributed by atoms with Crippen LogP contribution in [0.2, 0.25) is 0 Å². The SMILES string of the molecule is Cc1cc(-n2ccc3cc(C(=O)O)ccc32)ccn1.Cc1ccc(-n2ccc3cc(C(=O)O)ccc32)nc1.Cc1cccc(-n2ccc3cc(C(=O)O)ccc32)n1.Cc1ccnc(-n2ccc3cc(C(=O)O)ccc32)c1.Cc1nccc(-n2ccc3cc(C(=O)O)ccc32)n1.O=C(O)c1ccc2c(ccn2-c2ccc(C(F)(F)F)nc2)c1. The summed E-state index contributed by atoms with van der Waals surface area (Å²) in [5, 5.41) is 59.0. The molecule has 0 aliphatic rings. The Kier molecular flexibility index (Phi) is 22.9. The average molecular weight is 1570 g/mol. The first-order valence-electron chi connectivity index (χ1n) is 35.7. The van der Waals surface area contributed by atoms with Crippen LogP contribution in [0.5, 0.6) is 0 Å². The number of nitrogens with zero attached hydrogens (tertiary/aromatic N) is 13. The molecule has 0 aliphatic heterocycles. The first-order valence-corrected chi connectivity index (χ1v) is 35.7. The monoisotopic (exact) mass is 1570 g/mol. The molecule has 0 aliphatic carbocycles. The smallest absolute Gasteiger partial charge is 0.433 e. The van der Waals surface area contributed by atoms with E-state index < -0.39 is 47.7 Å². The van der Waals surface area contributed by atoms with Crippen LogP contribution in [0.1, 0.15) is 96.2 Å². The Labute approximate surface area is 662 Å². The van der Waals surface area contributed by atoms with Crippen molar-refractivity contribution in [1.82, 2.24) is 62.3 Å². The highest BCUT2D eigenvalue weighted by Crippen LogP contribution is 2.31.